The SMILES string of the molecule is COc1ccc(Cn2cc(C=NOCc3ccc(C)cc3)c(O)c(Cc3ccc(F)cc3)c2=O)cc1. The van der Waals surface area contributed by atoms with Gasteiger partial charge in [-0.25, -0.2) is 4.39 Å². The van der Waals surface area contributed by atoms with Crippen LogP contribution >= 0.6 is 0 Å². The number of benzene rings is 3. The summed E-state index contributed by atoms with van der Waals surface area (Å²) in [5.41, 5.74) is 3.88. The van der Waals surface area contributed by atoms with Crippen LogP contribution in [0.15, 0.2) is 88.9 Å². The van der Waals surface area contributed by atoms with Gasteiger partial charge < -0.3 is 19.2 Å². The van der Waals surface area contributed by atoms with E-state index in [2.05, 4.69) is 5.16 Å². The van der Waals surface area contributed by atoms with Crippen molar-refractivity contribution >= 4 is 6.21 Å². The van der Waals surface area contributed by atoms with Crippen LogP contribution in [0.25, 0.3) is 0 Å². The molecule has 0 bridgehead atoms. The normalized spacial score (nSPS) is 11.1. The van der Waals surface area contributed by atoms with Gasteiger partial charge in [-0.1, -0.05) is 59.3 Å². The zero-order valence-electron chi connectivity index (χ0n) is 20.1. The highest BCUT2D eigenvalue weighted by atomic mass is 19.1. The van der Waals surface area contributed by atoms with Gasteiger partial charge in [-0.05, 0) is 47.9 Å². The van der Waals surface area contributed by atoms with Crippen molar-refractivity contribution in [2.75, 3.05) is 7.11 Å². The fourth-order valence-corrected chi connectivity index (χ4v) is 3.73. The van der Waals surface area contributed by atoms with E-state index < -0.39 is 0 Å². The van der Waals surface area contributed by atoms with Crippen LogP contribution in [0.3, 0.4) is 0 Å². The lowest BCUT2D eigenvalue weighted by atomic mass is 10.0. The highest BCUT2D eigenvalue weighted by Crippen LogP contribution is 2.22. The Labute approximate surface area is 208 Å². The van der Waals surface area contributed by atoms with Crippen molar-refractivity contribution in [2.45, 2.75) is 26.5 Å². The van der Waals surface area contributed by atoms with Crippen LogP contribution in [0.4, 0.5) is 4.39 Å². The van der Waals surface area contributed by atoms with E-state index in [9.17, 15) is 14.3 Å². The quantitative estimate of drug-likeness (QED) is 0.261. The summed E-state index contributed by atoms with van der Waals surface area (Å²) in [5.74, 6) is 0.164. The van der Waals surface area contributed by atoms with Crippen LogP contribution in [-0.2, 0) is 24.4 Å². The van der Waals surface area contributed by atoms with E-state index in [0.717, 1.165) is 16.7 Å². The van der Waals surface area contributed by atoms with E-state index in [1.165, 1.54) is 22.9 Å². The molecule has 0 atom stereocenters. The second-order valence-corrected chi connectivity index (χ2v) is 8.49. The average molecular weight is 487 g/mol. The Balaban J connectivity index is 1.63. The van der Waals surface area contributed by atoms with Gasteiger partial charge in [0.2, 0.25) is 0 Å². The molecule has 0 amide bonds. The molecule has 36 heavy (non-hydrogen) atoms. The van der Waals surface area contributed by atoms with Crippen molar-refractivity contribution in [1.82, 2.24) is 4.57 Å². The molecule has 6 nitrogen and oxygen atoms in total. The van der Waals surface area contributed by atoms with E-state index in [-0.39, 0.29) is 42.3 Å². The Hall–Kier alpha value is -4.39. The van der Waals surface area contributed by atoms with Crippen molar-refractivity contribution in [3.8, 4) is 11.5 Å². The summed E-state index contributed by atoms with van der Waals surface area (Å²) < 4.78 is 20.1. The molecule has 0 saturated heterocycles. The van der Waals surface area contributed by atoms with E-state index in [0.29, 0.717) is 16.9 Å². The molecular weight excluding hydrogens is 459 g/mol. The van der Waals surface area contributed by atoms with E-state index in [4.69, 9.17) is 9.57 Å². The van der Waals surface area contributed by atoms with Crippen molar-refractivity contribution in [1.29, 1.82) is 0 Å². The predicted molar refractivity (Wildman–Crippen MR) is 137 cm³/mol. The molecule has 3 aromatic carbocycles. The molecule has 0 aliphatic carbocycles. The van der Waals surface area contributed by atoms with Crippen molar-refractivity contribution in [3.63, 3.8) is 0 Å². The van der Waals surface area contributed by atoms with Crippen LogP contribution in [0.5, 0.6) is 11.5 Å². The molecule has 1 heterocycles. The van der Waals surface area contributed by atoms with Crippen molar-refractivity contribution in [3.05, 3.63) is 129 Å². The number of methoxy groups -OCH3 is 1. The lowest BCUT2D eigenvalue weighted by Gasteiger charge is -2.13. The summed E-state index contributed by atoms with van der Waals surface area (Å²) in [6.07, 6.45) is 3.08. The first kappa shape index (κ1) is 24.7. The Morgan fingerprint density at radius 1 is 0.944 bits per heavy atom. The van der Waals surface area contributed by atoms with Crippen molar-refractivity contribution < 1.29 is 19.1 Å². The van der Waals surface area contributed by atoms with Gasteiger partial charge in [0.1, 0.15) is 23.9 Å². The average Bonchev–Trinajstić information content (AvgIpc) is 2.89. The van der Waals surface area contributed by atoms with Gasteiger partial charge in [-0.15, -0.1) is 0 Å². The third-order valence-electron chi connectivity index (χ3n) is 5.80. The first-order valence-corrected chi connectivity index (χ1v) is 11.5. The number of halogens is 1. The molecule has 1 aromatic heterocycles. The molecule has 4 rings (SSSR count). The largest absolute Gasteiger partial charge is 0.507 e. The van der Waals surface area contributed by atoms with Gasteiger partial charge in [0.25, 0.3) is 5.56 Å². The molecule has 0 radical (unpaired) electrons. The number of rotatable bonds is 9. The maximum Gasteiger partial charge on any atom is 0.258 e. The predicted octanol–water partition coefficient (Wildman–Crippen LogP) is 5.20. The number of hydrogen-bond acceptors (Lipinski definition) is 5. The summed E-state index contributed by atoms with van der Waals surface area (Å²) in [4.78, 5) is 18.7. The van der Waals surface area contributed by atoms with Gasteiger partial charge >= 0.3 is 0 Å². The summed E-state index contributed by atoms with van der Waals surface area (Å²) in [5, 5.41) is 15.0. The number of hydrogen-bond donors (Lipinski definition) is 1. The molecule has 184 valence electrons. The van der Waals surface area contributed by atoms with Gasteiger partial charge in [-0.2, -0.15) is 0 Å². The van der Waals surface area contributed by atoms with Gasteiger partial charge in [-0.3, -0.25) is 4.79 Å². The molecule has 7 heteroatoms. The zero-order chi connectivity index (χ0) is 25.5. The molecule has 0 spiro atoms. The van der Waals surface area contributed by atoms with Crippen molar-refractivity contribution in [2.24, 2.45) is 5.16 Å². The number of oxime groups is 1. The summed E-state index contributed by atoms with van der Waals surface area (Å²) in [7, 11) is 1.59. The van der Waals surface area contributed by atoms with Crippen LogP contribution in [0.1, 0.15) is 33.4 Å². The summed E-state index contributed by atoms with van der Waals surface area (Å²) in [6, 6.07) is 21.1. The van der Waals surface area contributed by atoms with E-state index >= 15 is 0 Å². The minimum atomic E-state index is -0.369. The fourth-order valence-electron chi connectivity index (χ4n) is 3.73. The lowest BCUT2D eigenvalue weighted by Crippen LogP contribution is -2.25. The second-order valence-electron chi connectivity index (χ2n) is 8.49. The number of aryl methyl sites for hydroxylation is 1. The second kappa shape index (κ2) is 11.4. The number of aromatic nitrogens is 1. The molecule has 0 saturated carbocycles. The summed E-state index contributed by atoms with van der Waals surface area (Å²) in [6.45, 7) is 2.56. The van der Waals surface area contributed by atoms with Gasteiger partial charge in [0, 0.05) is 12.6 Å². The smallest absolute Gasteiger partial charge is 0.258 e. The molecular formula is C29H27FN2O4. The third-order valence-corrected chi connectivity index (χ3v) is 5.80. The fraction of sp³-hybridized carbons (Fsp3) is 0.172. The lowest BCUT2D eigenvalue weighted by molar-refractivity contribution is 0.132. The number of aromatic hydroxyl groups is 1. The monoisotopic (exact) mass is 486 g/mol. The molecule has 0 fully saturated rings. The standard InChI is InChI=1S/C29H27FN2O4/c1-20-3-5-23(6-4-20)19-36-31-16-24-18-32(17-22-9-13-26(35-2)14-10-22)29(34)27(28(24)33)15-21-7-11-25(30)12-8-21/h3-14,16,18,33H,15,17,19H2,1-2H3. The van der Waals surface area contributed by atoms with Crippen LogP contribution < -0.4 is 10.3 Å². The first-order valence-electron chi connectivity index (χ1n) is 11.5. The molecule has 0 unspecified atom stereocenters. The Bertz CT molecular complexity index is 1390. The topological polar surface area (TPSA) is 73.1 Å². The van der Waals surface area contributed by atoms with Gasteiger partial charge in [0.15, 0.2) is 0 Å². The number of pyridine rings is 1. The van der Waals surface area contributed by atoms with Crippen LogP contribution in [-0.4, -0.2) is 23.0 Å². The number of ether oxygens (including phenoxy) is 1. The molecule has 0 aliphatic heterocycles. The zero-order valence-corrected chi connectivity index (χ0v) is 20.1. The first-order chi connectivity index (χ1) is 17.4. The van der Waals surface area contributed by atoms with Gasteiger partial charge in [0.05, 0.1) is 31.0 Å². The highest BCUT2D eigenvalue weighted by molar-refractivity contribution is 5.83. The van der Waals surface area contributed by atoms with Crippen LogP contribution in [0.2, 0.25) is 0 Å². The Kier molecular flexibility index (Phi) is 7.80. The van der Waals surface area contributed by atoms with Crippen LogP contribution in [0, 0.1) is 12.7 Å². The number of nitrogens with zero attached hydrogens (tertiary/aromatic N) is 2. The maximum atomic E-state index is 13.4. The minimum absolute atomic E-state index is 0.138. The summed E-state index contributed by atoms with van der Waals surface area (Å²) >= 11 is 0. The van der Waals surface area contributed by atoms with E-state index in [1.54, 1.807) is 25.4 Å². The Morgan fingerprint density at radius 3 is 2.25 bits per heavy atom. The highest BCUT2D eigenvalue weighted by Gasteiger charge is 2.16. The van der Waals surface area contributed by atoms with E-state index in [1.807, 2.05) is 55.5 Å². The molecule has 0 aliphatic rings. The molecule has 1 N–H and O–H groups in total. The Morgan fingerprint density at radius 2 is 1.58 bits per heavy atom. The maximum absolute atomic E-state index is 13.4. The minimum Gasteiger partial charge on any atom is -0.507 e. The molecule has 4 aromatic rings. The third kappa shape index (κ3) is 6.18.